The van der Waals surface area contributed by atoms with E-state index < -0.39 is 5.97 Å². The number of aromatic nitrogens is 2. The van der Waals surface area contributed by atoms with Crippen LogP contribution in [0, 0.1) is 0 Å². The van der Waals surface area contributed by atoms with E-state index in [4.69, 9.17) is 4.42 Å². The van der Waals surface area contributed by atoms with E-state index >= 15 is 0 Å². The summed E-state index contributed by atoms with van der Waals surface area (Å²) in [6.45, 7) is 0. The predicted molar refractivity (Wildman–Crippen MR) is 91.2 cm³/mol. The number of aromatic carboxylic acids is 1. The Labute approximate surface area is 139 Å². The first-order chi connectivity index (χ1) is 11.7. The Balaban J connectivity index is 1.99. The van der Waals surface area contributed by atoms with Crippen molar-refractivity contribution in [2.75, 3.05) is 0 Å². The lowest BCUT2D eigenvalue weighted by molar-refractivity contribution is 0.0697. The summed E-state index contributed by atoms with van der Waals surface area (Å²) >= 11 is 0. The van der Waals surface area contributed by atoms with Gasteiger partial charge in [-0.05, 0) is 36.5 Å². The number of benzene rings is 1. The standard InChI is InChI=1S/C19H20N2O3/c1-21-15-9-13(19(22)23)7-8-14(15)17(12-5-3-2-4-6-12)18(21)16-10-20-11-24-16/h7-12H,2-6H2,1H3,(H,22,23). The Morgan fingerprint density at radius 1 is 1.29 bits per heavy atom. The van der Waals surface area contributed by atoms with Crippen LogP contribution in [0.1, 0.15) is 53.9 Å². The molecule has 1 fully saturated rings. The number of carboxylic acid groups (broad SMARTS) is 1. The maximum Gasteiger partial charge on any atom is 0.335 e. The molecular weight excluding hydrogens is 304 g/mol. The first-order valence-electron chi connectivity index (χ1n) is 8.41. The fourth-order valence-corrected chi connectivity index (χ4v) is 4.03. The fraction of sp³-hybridized carbons (Fsp3) is 0.368. The quantitative estimate of drug-likeness (QED) is 0.765. The highest BCUT2D eigenvalue weighted by Gasteiger charge is 2.27. The van der Waals surface area contributed by atoms with Crippen LogP contribution in [0.25, 0.3) is 22.4 Å². The topological polar surface area (TPSA) is 68.3 Å². The maximum atomic E-state index is 11.3. The van der Waals surface area contributed by atoms with Crippen molar-refractivity contribution in [2.45, 2.75) is 38.0 Å². The minimum absolute atomic E-state index is 0.308. The molecule has 2 aromatic heterocycles. The normalized spacial score (nSPS) is 15.9. The summed E-state index contributed by atoms with van der Waals surface area (Å²) in [5.74, 6) is 0.322. The molecule has 2 heterocycles. The Morgan fingerprint density at radius 3 is 2.75 bits per heavy atom. The van der Waals surface area contributed by atoms with Gasteiger partial charge in [-0.1, -0.05) is 25.3 Å². The summed E-state index contributed by atoms with van der Waals surface area (Å²) in [5, 5.41) is 10.4. The van der Waals surface area contributed by atoms with Crippen molar-refractivity contribution in [3.05, 3.63) is 41.9 Å². The molecule has 0 saturated heterocycles. The average molecular weight is 324 g/mol. The van der Waals surface area contributed by atoms with Crippen molar-refractivity contribution in [2.24, 2.45) is 7.05 Å². The van der Waals surface area contributed by atoms with E-state index in [1.165, 1.54) is 44.1 Å². The molecule has 5 heteroatoms. The van der Waals surface area contributed by atoms with E-state index in [-0.39, 0.29) is 0 Å². The molecule has 0 radical (unpaired) electrons. The van der Waals surface area contributed by atoms with Crippen LogP contribution in [-0.2, 0) is 7.05 Å². The second kappa shape index (κ2) is 5.82. The van der Waals surface area contributed by atoms with Crippen molar-refractivity contribution in [3.8, 4) is 11.5 Å². The van der Waals surface area contributed by atoms with E-state index in [0.717, 1.165) is 22.4 Å². The van der Waals surface area contributed by atoms with Gasteiger partial charge in [-0.15, -0.1) is 0 Å². The molecule has 3 aromatic rings. The lowest BCUT2D eigenvalue weighted by atomic mass is 9.82. The van der Waals surface area contributed by atoms with Crippen LogP contribution in [0.5, 0.6) is 0 Å². The number of nitrogens with zero attached hydrogens (tertiary/aromatic N) is 2. The summed E-state index contributed by atoms with van der Waals surface area (Å²) in [5.41, 5.74) is 3.54. The molecule has 1 saturated carbocycles. The highest BCUT2D eigenvalue weighted by atomic mass is 16.4. The van der Waals surface area contributed by atoms with E-state index in [1.807, 2.05) is 17.7 Å². The van der Waals surface area contributed by atoms with Gasteiger partial charge in [-0.25, -0.2) is 9.78 Å². The highest BCUT2D eigenvalue weighted by Crippen LogP contribution is 2.43. The summed E-state index contributed by atoms with van der Waals surface area (Å²) in [6, 6.07) is 5.40. The van der Waals surface area contributed by atoms with E-state index in [9.17, 15) is 9.90 Å². The zero-order valence-corrected chi connectivity index (χ0v) is 13.7. The molecule has 1 aliphatic carbocycles. The SMILES string of the molecule is Cn1c(-c2cnco2)c(C2CCCCC2)c2ccc(C(=O)O)cc21. The highest BCUT2D eigenvalue weighted by molar-refractivity contribution is 5.97. The second-order valence-electron chi connectivity index (χ2n) is 6.56. The largest absolute Gasteiger partial charge is 0.478 e. The van der Waals surface area contributed by atoms with Crippen molar-refractivity contribution >= 4 is 16.9 Å². The molecule has 1 aromatic carbocycles. The molecule has 0 unspecified atom stereocenters. The summed E-state index contributed by atoms with van der Waals surface area (Å²) in [7, 11) is 1.97. The molecule has 24 heavy (non-hydrogen) atoms. The molecule has 5 nitrogen and oxygen atoms in total. The smallest absolute Gasteiger partial charge is 0.335 e. The van der Waals surface area contributed by atoms with E-state index in [1.54, 1.807) is 18.3 Å². The third-order valence-electron chi connectivity index (χ3n) is 5.17. The molecule has 4 rings (SSSR count). The summed E-state index contributed by atoms with van der Waals surface area (Å²) in [6.07, 6.45) is 9.29. The molecule has 0 amide bonds. The fourth-order valence-electron chi connectivity index (χ4n) is 4.03. The van der Waals surface area contributed by atoms with Gasteiger partial charge >= 0.3 is 5.97 Å². The molecule has 124 valence electrons. The van der Waals surface area contributed by atoms with Gasteiger partial charge in [-0.2, -0.15) is 0 Å². The van der Waals surface area contributed by atoms with Gasteiger partial charge in [0.15, 0.2) is 12.2 Å². The monoisotopic (exact) mass is 324 g/mol. The number of carboxylic acids is 1. The Kier molecular flexibility index (Phi) is 3.63. The molecule has 1 aliphatic rings. The van der Waals surface area contributed by atoms with Crippen molar-refractivity contribution in [3.63, 3.8) is 0 Å². The van der Waals surface area contributed by atoms with E-state index in [2.05, 4.69) is 4.98 Å². The van der Waals surface area contributed by atoms with Crippen molar-refractivity contribution < 1.29 is 14.3 Å². The lowest BCUT2D eigenvalue weighted by Gasteiger charge is -2.22. The van der Waals surface area contributed by atoms with Crippen LogP contribution < -0.4 is 0 Å². The number of hydrogen-bond acceptors (Lipinski definition) is 3. The minimum atomic E-state index is -0.904. The van der Waals surface area contributed by atoms with Gasteiger partial charge in [0.25, 0.3) is 0 Å². The predicted octanol–water partition coefficient (Wildman–Crippen LogP) is 4.58. The van der Waals surface area contributed by atoms with Crippen LogP contribution in [0.15, 0.2) is 35.2 Å². The molecular formula is C19H20N2O3. The third kappa shape index (κ3) is 2.31. The van der Waals surface area contributed by atoms with Crippen LogP contribution >= 0.6 is 0 Å². The lowest BCUT2D eigenvalue weighted by Crippen LogP contribution is -2.06. The minimum Gasteiger partial charge on any atom is -0.478 e. The molecule has 0 bridgehead atoms. The summed E-state index contributed by atoms with van der Waals surface area (Å²) < 4.78 is 7.64. The van der Waals surface area contributed by atoms with Crippen LogP contribution in [0.4, 0.5) is 0 Å². The van der Waals surface area contributed by atoms with E-state index in [0.29, 0.717) is 11.5 Å². The Morgan fingerprint density at radius 2 is 2.08 bits per heavy atom. The average Bonchev–Trinajstić information content (AvgIpc) is 3.22. The number of oxazole rings is 1. The number of rotatable bonds is 3. The third-order valence-corrected chi connectivity index (χ3v) is 5.17. The molecule has 0 aliphatic heterocycles. The zero-order chi connectivity index (χ0) is 16.7. The van der Waals surface area contributed by atoms with Crippen molar-refractivity contribution in [1.29, 1.82) is 0 Å². The second-order valence-corrected chi connectivity index (χ2v) is 6.56. The zero-order valence-electron chi connectivity index (χ0n) is 13.7. The number of aryl methyl sites for hydroxylation is 1. The van der Waals surface area contributed by atoms with Gasteiger partial charge in [0.05, 0.1) is 17.5 Å². The Bertz CT molecular complexity index is 887. The van der Waals surface area contributed by atoms with Crippen LogP contribution in [-0.4, -0.2) is 20.6 Å². The molecule has 0 spiro atoms. The number of hydrogen-bond donors (Lipinski definition) is 1. The first kappa shape index (κ1) is 15.0. The van der Waals surface area contributed by atoms with Crippen molar-refractivity contribution in [1.82, 2.24) is 9.55 Å². The summed E-state index contributed by atoms with van der Waals surface area (Å²) in [4.78, 5) is 15.4. The van der Waals surface area contributed by atoms with Gasteiger partial charge in [0.1, 0.15) is 0 Å². The Hall–Kier alpha value is -2.56. The molecule has 1 N–H and O–H groups in total. The first-order valence-corrected chi connectivity index (χ1v) is 8.41. The molecule has 0 atom stereocenters. The van der Waals surface area contributed by atoms with Gasteiger partial charge in [0.2, 0.25) is 0 Å². The van der Waals surface area contributed by atoms with Gasteiger partial charge in [0, 0.05) is 18.0 Å². The number of fused-ring (bicyclic) bond motifs is 1. The van der Waals surface area contributed by atoms with Gasteiger partial charge < -0.3 is 14.1 Å². The van der Waals surface area contributed by atoms with Gasteiger partial charge in [-0.3, -0.25) is 0 Å². The van der Waals surface area contributed by atoms with Crippen LogP contribution in [0.3, 0.4) is 0 Å². The number of carbonyl (C=O) groups is 1. The van der Waals surface area contributed by atoms with Crippen LogP contribution in [0.2, 0.25) is 0 Å². The maximum absolute atomic E-state index is 11.3.